The zero-order valence-electron chi connectivity index (χ0n) is 17.3. The third kappa shape index (κ3) is 4.48. The van der Waals surface area contributed by atoms with E-state index in [-0.39, 0.29) is 16.9 Å². The molecule has 2 N–H and O–H groups in total. The highest BCUT2D eigenvalue weighted by Crippen LogP contribution is 2.51. The second-order valence-electron chi connectivity index (χ2n) is 8.60. The summed E-state index contributed by atoms with van der Waals surface area (Å²) in [6, 6.07) is 1.49. The predicted octanol–water partition coefficient (Wildman–Crippen LogP) is 3.86. The summed E-state index contributed by atoms with van der Waals surface area (Å²) in [5, 5.41) is 7.13. The van der Waals surface area contributed by atoms with E-state index < -0.39 is 5.82 Å². The summed E-state index contributed by atoms with van der Waals surface area (Å²) in [7, 11) is 1.43. The Morgan fingerprint density at radius 1 is 1.31 bits per heavy atom. The molecular weight excluding hydrogens is 369 g/mol. The van der Waals surface area contributed by atoms with Gasteiger partial charge in [-0.2, -0.15) is 0 Å². The number of hydrogen-bond acceptors (Lipinski definition) is 5. The summed E-state index contributed by atoms with van der Waals surface area (Å²) in [5.74, 6) is -0.376. The lowest BCUT2D eigenvalue weighted by molar-refractivity contribution is -0.116. The topological polar surface area (TPSA) is 55.4 Å². The van der Waals surface area contributed by atoms with E-state index in [1.54, 1.807) is 6.20 Å². The first-order chi connectivity index (χ1) is 14.1. The van der Waals surface area contributed by atoms with Gasteiger partial charge in [0.25, 0.3) is 0 Å². The number of rotatable bonds is 7. The van der Waals surface area contributed by atoms with E-state index in [1.807, 2.05) is 0 Å². The molecule has 1 aromatic rings. The van der Waals surface area contributed by atoms with Crippen LogP contribution in [0.1, 0.15) is 50.5 Å². The van der Waals surface area contributed by atoms with Crippen LogP contribution in [0.3, 0.4) is 0 Å². The van der Waals surface area contributed by atoms with Crippen molar-refractivity contribution in [3.05, 3.63) is 47.6 Å². The normalized spacial score (nSPS) is 25.7. The average Bonchev–Trinajstić information content (AvgIpc) is 3.19. The van der Waals surface area contributed by atoms with Crippen molar-refractivity contribution < 1.29 is 13.9 Å². The maximum atomic E-state index is 13.9. The molecule has 0 amide bonds. The van der Waals surface area contributed by atoms with Gasteiger partial charge in [0.1, 0.15) is 0 Å². The molecule has 5 nitrogen and oxygen atoms in total. The van der Waals surface area contributed by atoms with E-state index in [1.165, 1.54) is 44.6 Å². The highest BCUT2D eigenvalue weighted by molar-refractivity contribution is 5.25. The van der Waals surface area contributed by atoms with Crippen molar-refractivity contribution in [2.24, 2.45) is 5.41 Å². The number of dihydropyridines is 1. The number of aromatic nitrogens is 1. The van der Waals surface area contributed by atoms with Gasteiger partial charge in [0.05, 0.1) is 12.7 Å². The Morgan fingerprint density at radius 3 is 2.90 bits per heavy atom. The van der Waals surface area contributed by atoms with E-state index in [0.29, 0.717) is 6.54 Å². The van der Waals surface area contributed by atoms with Crippen LogP contribution < -0.4 is 15.4 Å². The molecule has 0 unspecified atom stereocenters. The van der Waals surface area contributed by atoms with Gasteiger partial charge < -0.3 is 20.1 Å². The monoisotopic (exact) mass is 401 g/mol. The van der Waals surface area contributed by atoms with Crippen LogP contribution in [-0.4, -0.2) is 37.4 Å². The SMILES string of the molecule is COc1ncc(CNCC[C@@]2(C3=CC=CCN3)CCOC3(CCCC3)C2)cc1F. The van der Waals surface area contributed by atoms with Crippen molar-refractivity contribution >= 4 is 0 Å². The smallest absolute Gasteiger partial charge is 0.250 e. The Kier molecular flexibility index (Phi) is 6.20. The molecule has 0 radical (unpaired) electrons. The molecule has 1 atom stereocenters. The number of halogens is 1. The summed E-state index contributed by atoms with van der Waals surface area (Å²) in [4.78, 5) is 4.02. The van der Waals surface area contributed by atoms with Crippen molar-refractivity contribution in [2.45, 2.75) is 57.1 Å². The Labute approximate surface area is 172 Å². The molecule has 1 aliphatic carbocycles. The second kappa shape index (κ2) is 8.84. The standard InChI is InChI=1S/C23H32FN3O2/c1-28-21-19(24)14-18(16-27-21)15-25-12-9-22(20-6-2-5-11-26-20)10-13-29-23(17-22)7-3-4-8-23/h2,5-6,14,16,25-26H,3-4,7-13,15,17H2,1H3/t22-/m1/s1. The molecule has 4 rings (SSSR count). The fourth-order valence-corrected chi connectivity index (χ4v) is 5.23. The number of allylic oxidation sites excluding steroid dienone is 3. The van der Waals surface area contributed by atoms with Crippen LogP contribution in [0.5, 0.6) is 5.88 Å². The third-order valence-corrected chi connectivity index (χ3v) is 6.71. The molecule has 3 aliphatic rings. The van der Waals surface area contributed by atoms with Gasteiger partial charge in [-0.3, -0.25) is 0 Å². The number of nitrogens with one attached hydrogen (secondary N) is 2. The molecular formula is C23H32FN3O2. The van der Waals surface area contributed by atoms with Crippen molar-refractivity contribution in [1.82, 2.24) is 15.6 Å². The number of ether oxygens (including phenoxy) is 2. The van der Waals surface area contributed by atoms with E-state index >= 15 is 0 Å². The molecule has 0 bridgehead atoms. The van der Waals surface area contributed by atoms with Crippen LogP contribution in [0.15, 0.2) is 36.2 Å². The van der Waals surface area contributed by atoms with Gasteiger partial charge in [-0.05, 0) is 56.4 Å². The fourth-order valence-electron chi connectivity index (χ4n) is 5.23. The number of hydrogen-bond donors (Lipinski definition) is 2. The maximum Gasteiger partial charge on any atom is 0.250 e. The van der Waals surface area contributed by atoms with Gasteiger partial charge in [0.15, 0.2) is 5.82 Å². The average molecular weight is 402 g/mol. The summed E-state index contributed by atoms with van der Waals surface area (Å²) < 4.78 is 25.1. The molecule has 1 spiro atoms. The summed E-state index contributed by atoms with van der Waals surface area (Å²) in [6.07, 6.45) is 16.3. The molecule has 3 heterocycles. The zero-order valence-corrected chi connectivity index (χ0v) is 17.3. The van der Waals surface area contributed by atoms with Crippen LogP contribution >= 0.6 is 0 Å². The number of nitrogens with zero attached hydrogens (tertiary/aromatic N) is 1. The van der Waals surface area contributed by atoms with Gasteiger partial charge in [-0.15, -0.1) is 0 Å². The van der Waals surface area contributed by atoms with Crippen LogP contribution in [0.4, 0.5) is 4.39 Å². The zero-order chi connectivity index (χ0) is 20.2. The number of pyridine rings is 1. The Bertz CT molecular complexity index is 773. The largest absolute Gasteiger partial charge is 0.479 e. The lowest BCUT2D eigenvalue weighted by Crippen LogP contribution is -2.48. The lowest BCUT2D eigenvalue weighted by Gasteiger charge is -2.48. The summed E-state index contributed by atoms with van der Waals surface area (Å²) >= 11 is 0. The molecule has 158 valence electrons. The molecule has 2 fully saturated rings. The van der Waals surface area contributed by atoms with E-state index in [2.05, 4.69) is 33.8 Å². The van der Waals surface area contributed by atoms with Gasteiger partial charge >= 0.3 is 0 Å². The Morgan fingerprint density at radius 2 is 2.17 bits per heavy atom. The predicted molar refractivity (Wildman–Crippen MR) is 111 cm³/mol. The van der Waals surface area contributed by atoms with Crippen molar-refractivity contribution in [3.63, 3.8) is 0 Å². The number of methoxy groups -OCH3 is 1. The Hall–Kier alpha value is -1.92. The highest BCUT2D eigenvalue weighted by atomic mass is 19.1. The van der Waals surface area contributed by atoms with Gasteiger partial charge in [0, 0.05) is 37.0 Å². The molecule has 1 aromatic heterocycles. The first kappa shape index (κ1) is 20.4. The quantitative estimate of drug-likeness (QED) is 0.680. The molecule has 1 saturated carbocycles. The van der Waals surface area contributed by atoms with Crippen LogP contribution in [0.2, 0.25) is 0 Å². The fraction of sp³-hybridized carbons (Fsp3) is 0.609. The van der Waals surface area contributed by atoms with E-state index in [9.17, 15) is 4.39 Å². The third-order valence-electron chi connectivity index (χ3n) is 6.71. The first-order valence-corrected chi connectivity index (χ1v) is 10.8. The van der Waals surface area contributed by atoms with E-state index in [0.717, 1.165) is 44.5 Å². The van der Waals surface area contributed by atoms with Gasteiger partial charge in [-0.1, -0.05) is 25.0 Å². The molecule has 2 aliphatic heterocycles. The molecule has 29 heavy (non-hydrogen) atoms. The van der Waals surface area contributed by atoms with Crippen LogP contribution in [-0.2, 0) is 11.3 Å². The minimum atomic E-state index is -0.417. The molecule has 6 heteroatoms. The lowest BCUT2D eigenvalue weighted by atomic mass is 9.67. The van der Waals surface area contributed by atoms with Crippen molar-refractivity contribution in [2.75, 3.05) is 26.8 Å². The minimum absolute atomic E-state index is 0.0418. The summed E-state index contributed by atoms with van der Waals surface area (Å²) in [5.41, 5.74) is 2.36. The van der Waals surface area contributed by atoms with Crippen molar-refractivity contribution in [1.29, 1.82) is 0 Å². The van der Waals surface area contributed by atoms with Gasteiger partial charge in [0.2, 0.25) is 5.88 Å². The molecule has 1 saturated heterocycles. The second-order valence-corrected chi connectivity index (χ2v) is 8.60. The highest BCUT2D eigenvalue weighted by Gasteiger charge is 2.48. The van der Waals surface area contributed by atoms with Crippen LogP contribution in [0, 0.1) is 11.2 Å². The maximum absolute atomic E-state index is 13.9. The van der Waals surface area contributed by atoms with Crippen LogP contribution in [0.25, 0.3) is 0 Å². The first-order valence-electron chi connectivity index (χ1n) is 10.8. The molecule has 0 aromatic carbocycles. The van der Waals surface area contributed by atoms with E-state index in [4.69, 9.17) is 9.47 Å². The minimum Gasteiger partial charge on any atom is -0.479 e. The Balaban J connectivity index is 1.41. The summed E-state index contributed by atoms with van der Waals surface area (Å²) in [6.45, 7) is 3.19. The van der Waals surface area contributed by atoms with Gasteiger partial charge in [-0.25, -0.2) is 9.37 Å². The van der Waals surface area contributed by atoms with Crippen molar-refractivity contribution in [3.8, 4) is 5.88 Å².